The maximum absolute atomic E-state index is 11.8. The van der Waals surface area contributed by atoms with Crippen LogP contribution >= 0.6 is 0 Å². The number of nitrogens with one attached hydrogen (secondary N) is 1. The van der Waals surface area contributed by atoms with Gasteiger partial charge in [-0.3, -0.25) is 4.79 Å². The minimum absolute atomic E-state index is 0.162. The lowest BCUT2D eigenvalue weighted by Gasteiger charge is -2.36. The molecule has 0 aliphatic carbocycles. The summed E-state index contributed by atoms with van der Waals surface area (Å²) in [5.74, 6) is 1.09. The molecule has 104 valence electrons. The fraction of sp³-hybridized carbons (Fsp3) is 0.600. The Balaban J connectivity index is 2.25. The van der Waals surface area contributed by atoms with Crippen LogP contribution in [0.4, 0.5) is 5.82 Å². The molecule has 1 aliphatic rings. The van der Waals surface area contributed by atoms with Crippen LogP contribution in [0.2, 0.25) is 0 Å². The Kier molecular flexibility index (Phi) is 4.77. The van der Waals surface area contributed by atoms with Gasteiger partial charge in [-0.05, 0) is 31.7 Å². The number of rotatable bonds is 4. The van der Waals surface area contributed by atoms with Crippen LogP contribution in [0.25, 0.3) is 0 Å². The SMILES string of the molecule is CCCNc1ncccc1[C@@H]1CCCCN1C(C)=O. The first kappa shape index (κ1) is 13.8. The molecule has 1 fully saturated rings. The highest BCUT2D eigenvalue weighted by Crippen LogP contribution is 2.34. The van der Waals surface area contributed by atoms with Crippen LogP contribution in [0.1, 0.15) is 51.1 Å². The summed E-state index contributed by atoms with van der Waals surface area (Å²) in [5.41, 5.74) is 1.16. The molecule has 0 spiro atoms. The summed E-state index contributed by atoms with van der Waals surface area (Å²) in [5, 5.41) is 3.37. The van der Waals surface area contributed by atoms with Crippen LogP contribution in [-0.4, -0.2) is 28.9 Å². The van der Waals surface area contributed by atoms with E-state index in [9.17, 15) is 4.79 Å². The molecule has 2 heterocycles. The van der Waals surface area contributed by atoms with Crippen molar-refractivity contribution in [1.29, 1.82) is 0 Å². The number of likely N-dealkylation sites (tertiary alicyclic amines) is 1. The number of piperidine rings is 1. The van der Waals surface area contributed by atoms with E-state index in [1.807, 2.05) is 17.2 Å². The van der Waals surface area contributed by atoms with Crippen molar-refractivity contribution in [1.82, 2.24) is 9.88 Å². The first-order valence-corrected chi connectivity index (χ1v) is 7.20. The Morgan fingerprint density at radius 3 is 3.11 bits per heavy atom. The number of carbonyl (C=O) groups is 1. The molecule has 0 bridgehead atoms. The lowest BCUT2D eigenvalue weighted by Crippen LogP contribution is -2.37. The quantitative estimate of drug-likeness (QED) is 0.906. The zero-order valence-corrected chi connectivity index (χ0v) is 11.9. The van der Waals surface area contributed by atoms with E-state index in [0.717, 1.165) is 43.7 Å². The summed E-state index contributed by atoms with van der Waals surface area (Å²) in [6, 6.07) is 4.23. The minimum atomic E-state index is 0.162. The fourth-order valence-electron chi connectivity index (χ4n) is 2.71. The Morgan fingerprint density at radius 2 is 2.37 bits per heavy atom. The van der Waals surface area contributed by atoms with Gasteiger partial charge in [-0.15, -0.1) is 0 Å². The molecule has 4 nitrogen and oxygen atoms in total. The van der Waals surface area contributed by atoms with Crippen molar-refractivity contribution in [3.8, 4) is 0 Å². The van der Waals surface area contributed by atoms with Crippen molar-refractivity contribution < 1.29 is 4.79 Å². The number of nitrogens with zero attached hydrogens (tertiary/aromatic N) is 2. The molecule has 0 saturated carbocycles. The molecule has 1 saturated heterocycles. The fourth-order valence-corrected chi connectivity index (χ4v) is 2.71. The third-order valence-electron chi connectivity index (χ3n) is 3.65. The second kappa shape index (κ2) is 6.55. The van der Waals surface area contributed by atoms with Gasteiger partial charge >= 0.3 is 0 Å². The van der Waals surface area contributed by atoms with Gasteiger partial charge in [0.2, 0.25) is 5.91 Å². The highest BCUT2D eigenvalue weighted by Gasteiger charge is 2.27. The molecule has 0 aromatic carbocycles. The number of hydrogen-bond donors (Lipinski definition) is 1. The van der Waals surface area contributed by atoms with Crippen LogP contribution in [0.3, 0.4) is 0 Å². The minimum Gasteiger partial charge on any atom is -0.370 e. The molecule has 19 heavy (non-hydrogen) atoms. The highest BCUT2D eigenvalue weighted by molar-refractivity contribution is 5.74. The van der Waals surface area contributed by atoms with E-state index in [4.69, 9.17) is 0 Å². The Hall–Kier alpha value is -1.58. The van der Waals surface area contributed by atoms with Crippen LogP contribution in [0.5, 0.6) is 0 Å². The first-order valence-electron chi connectivity index (χ1n) is 7.20. The van der Waals surface area contributed by atoms with Gasteiger partial charge in [0.1, 0.15) is 5.82 Å². The van der Waals surface area contributed by atoms with Crippen molar-refractivity contribution >= 4 is 11.7 Å². The summed E-state index contributed by atoms with van der Waals surface area (Å²) in [7, 11) is 0. The van der Waals surface area contributed by atoms with Gasteiger partial charge in [-0.25, -0.2) is 4.98 Å². The molecule has 1 aliphatic heterocycles. The molecule has 2 rings (SSSR count). The van der Waals surface area contributed by atoms with Crippen LogP contribution < -0.4 is 5.32 Å². The summed E-state index contributed by atoms with van der Waals surface area (Å²) < 4.78 is 0. The number of pyridine rings is 1. The molecule has 0 radical (unpaired) electrons. The Labute approximate surface area is 115 Å². The second-order valence-electron chi connectivity index (χ2n) is 5.09. The van der Waals surface area contributed by atoms with Gasteiger partial charge in [0.05, 0.1) is 6.04 Å². The average molecular weight is 261 g/mol. The van der Waals surface area contributed by atoms with Gasteiger partial charge in [-0.1, -0.05) is 13.0 Å². The van der Waals surface area contributed by atoms with Crippen LogP contribution in [-0.2, 0) is 4.79 Å². The zero-order chi connectivity index (χ0) is 13.7. The number of amides is 1. The van der Waals surface area contributed by atoms with Gasteiger partial charge in [0.25, 0.3) is 0 Å². The number of aromatic nitrogens is 1. The van der Waals surface area contributed by atoms with Crippen molar-refractivity contribution in [3.63, 3.8) is 0 Å². The standard InChI is InChI=1S/C15H23N3O/c1-3-9-16-15-13(7-6-10-17-15)14-8-4-5-11-18(14)12(2)19/h6-7,10,14H,3-5,8-9,11H2,1-2H3,(H,16,17)/t14-/m0/s1. The lowest BCUT2D eigenvalue weighted by molar-refractivity contribution is -0.132. The smallest absolute Gasteiger partial charge is 0.219 e. The number of hydrogen-bond acceptors (Lipinski definition) is 3. The Morgan fingerprint density at radius 1 is 1.53 bits per heavy atom. The molecular formula is C15H23N3O. The predicted octanol–water partition coefficient (Wildman–Crippen LogP) is 2.98. The lowest BCUT2D eigenvalue weighted by atomic mass is 9.95. The van der Waals surface area contributed by atoms with Crippen molar-refractivity contribution in [3.05, 3.63) is 23.9 Å². The molecule has 4 heteroatoms. The van der Waals surface area contributed by atoms with Gasteiger partial charge in [0.15, 0.2) is 0 Å². The first-order chi connectivity index (χ1) is 9.24. The maximum atomic E-state index is 11.8. The molecule has 1 amide bonds. The molecular weight excluding hydrogens is 238 g/mol. The van der Waals surface area contributed by atoms with Crippen molar-refractivity contribution in [2.45, 2.75) is 45.6 Å². The highest BCUT2D eigenvalue weighted by atomic mass is 16.2. The third-order valence-corrected chi connectivity index (χ3v) is 3.65. The normalized spacial score (nSPS) is 19.3. The van der Waals surface area contributed by atoms with E-state index < -0.39 is 0 Å². The average Bonchev–Trinajstić information content (AvgIpc) is 2.45. The van der Waals surface area contributed by atoms with Crippen molar-refractivity contribution in [2.24, 2.45) is 0 Å². The number of anilines is 1. The summed E-state index contributed by atoms with van der Waals surface area (Å²) in [4.78, 5) is 18.2. The van der Waals surface area contributed by atoms with E-state index >= 15 is 0 Å². The van der Waals surface area contributed by atoms with Gasteiger partial charge < -0.3 is 10.2 Å². The summed E-state index contributed by atoms with van der Waals surface area (Å²) in [6.07, 6.45) is 6.19. The molecule has 1 aromatic rings. The number of carbonyl (C=O) groups excluding carboxylic acids is 1. The topological polar surface area (TPSA) is 45.2 Å². The zero-order valence-electron chi connectivity index (χ0n) is 11.9. The monoisotopic (exact) mass is 261 g/mol. The van der Waals surface area contributed by atoms with Crippen molar-refractivity contribution in [2.75, 3.05) is 18.4 Å². The predicted molar refractivity (Wildman–Crippen MR) is 77.0 cm³/mol. The van der Waals surface area contributed by atoms with Gasteiger partial charge in [0, 0.05) is 31.8 Å². The maximum Gasteiger partial charge on any atom is 0.219 e. The van der Waals surface area contributed by atoms with E-state index in [2.05, 4.69) is 23.3 Å². The second-order valence-corrected chi connectivity index (χ2v) is 5.09. The van der Waals surface area contributed by atoms with E-state index in [-0.39, 0.29) is 11.9 Å². The van der Waals surface area contributed by atoms with Crippen LogP contribution in [0.15, 0.2) is 18.3 Å². The molecule has 0 unspecified atom stereocenters. The molecule has 1 atom stereocenters. The van der Waals surface area contributed by atoms with Gasteiger partial charge in [-0.2, -0.15) is 0 Å². The van der Waals surface area contributed by atoms with E-state index in [1.165, 1.54) is 6.42 Å². The van der Waals surface area contributed by atoms with Crippen LogP contribution in [0, 0.1) is 0 Å². The third kappa shape index (κ3) is 3.25. The van der Waals surface area contributed by atoms with E-state index in [0.29, 0.717) is 0 Å². The van der Waals surface area contributed by atoms with E-state index in [1.54, 1.807) is 6.92 Å². The largest absolute Gasteiger partial charge is 0.370 e. The summed E-state index contributed by atoms with van der Waals surface area (Å²) in [6.45, 7) is 5.57. The molecule has 1 N–H and O–H groups in total. The molecule has 1 aromatic heterocycles. The Bertz CT molecular complexity index is 433. The summed E-state index contributed by atoms with van der Waals surface area (Å²) >= 11 is 0.